The van der Waals surface area contributed by atoms with Gasteiger partial charge in [-0.3, -0.25) is 0 Å². The van der Waals surface area contributed by atoms with Crippen molar-refractivity contribution in [2.24, 2.45) is 7.05 Å². The molecular formula is C13H18N4O. The molecule has 0 atom stereocenters. The van der Waals surface area contributed by atoms with Crippen molar-refractivity contribution in [1.82, 2.24) is 14.8 Å². The molecule has 0 aliphatic heterocycles. The third-order valence-corrected chi connectivity index (χ3v) is 2.65. The van der Waals surface area contributed by atoms with E-state index in [0.29, 0.717) is 18.0 Å². The van der Waals surface area contributed by atoms with Crippen molar-refractivity contribution in [2.45, 2.75) is 26.4 Å². The van der Waals surface area contributed by atoms with Gasteiger partial charge in [0.05, 0.1) is 5.69 Å². The van der Waals surface area contributed by atoms with Crippen LogP contribution in [0.5, 0.6) is 5.75 Å². The quantitative estimate of drug-likeness (QED) is 0.819. The summed E-state index contributed by atoms with van der Waals surface area (Å²) in [5.41, 5.74) is 6.44. The third-order valence-electron chi connectivity index (χ3n) is 2.65. The van der Waals surface area contributed by atoms with Gasteiger partial charge in [0, 0.05) is 13.5 Å². The summed E-state index contributed by atoms with van der Waals surface area (Å²) >= 11 is 0. The van der Waals surface area contributed by atoms with Crippen molar-refractivity contribution in [3.05, 3.63) is 35.9 Å². The number of anilines is 1. The van der Waals surface area contributed by atoms with Gasteiger partial charge in [-0.15, -0.1) is 0 Å². The first kappa shape index (κ1) is 12.4. The van der Waals surface area contributed by atoms with Gasteiger partial charge in [0.25, 0.3) is 0 Å². The van der Waals surface area contributed by atoms with Crippen molar-refractivity contribution >= 4 is 5.69 Å². The molecule has 0 aliphatic carbocycles. The number of rotatable bonds is 5. The monoisotopic (exact) mass is 246 g/mol. The summed E-state index contributed by atoms with van der Waals surface area (Å²) in [7, 11) is 1.87. The van der Waals surface area contributed by atoms with Gasteiger partial charge in [-0.2, -0.15) is 5.10 Å². The topological polar surface area (TPSA) is 66.0 Å². The van der Waals surface area contributed by atoms with Crippen LogP contribution in [0.1, 0.15) is 25.0 Å². The lowest BCUT2D eigenvalue weighted by Crippen LogP contribution is -2.05. The number of hydrogen-bond acceptors (Lipinski definition) is 4. The summed E-state index contributed by atoms with van der Waals surface area (Å²) in [6.45, 7) is 2.48. The normalized spacial score (nSPS) is 10.6. The fraction of sp³-hybridized carbons (Fsp3) is 0.385. The average Bonchev–Trinajstić information content (AvgIpc) is 2.69. The molecule has 5 heteroatoms. The number of aromatic nitrogens is 3. The number of ether oxygens (including phenoxy) is 1. The Balaban J connectivity index is 2.04. The zero-order valence-electron chi connectivity index (χ0n) is 10.8. The van der Waals surface area contributed by atoms with Gasteiger partial charge in [-0.1, -0.05) is 19.1 Å². The van der Waals surface area contributed by atoms with E-state index in [4.69, 9.17) is 10.5 Å². The summed E-state index contributed by atoms with van der Waals surface area (Å²) in [5.74, 6) is 2.35. The lowest BCUT2D eigenvalue weighted by molar-refractivity contribution is 0.291. The molecule has 0 radical (unpaired) electrons. The molecule has 0 unspecified atom stereocenters. The van der Waals surface area contributed by atoms with E-state index in [1.165, 1.54) is 0 Å². The molecule has 96 valence electrons. The van der Waals surface area contributed by atoms with E-state index in [1.807, 2.05) is 31.3 Å². The molecule has 0 aliphatic rings. The highest BCUT2D eigenvalue weighted by Crippen LogP contribution is 2.20. The lowest BCUT2D eigenvalue weighted by atomic mass is 10.3. The number of nitrogens with zero attached hydrogens (tertiary/aromatic N) is 3. The molecule has 0 spiro atoms. The van der Waals surface area contributed by atoms with Crippen molar-refractivity contribution in [2.75, 3.05) is 5.73 Å². The Morgan fingerprint density at radius 3 is 2.83 bits per heavy atom. The second-order valence-corrected chi connectivity index (χ2v) is 4.14. The first-order chi connectivity index (χ1) is 8.70. The zero-order valence-corrected chi connectivity index (χ0v) is 10.8. The summed E-state index contributed by atoms with van der Waals surface area (Å²) in [6.07, 6.45) is 1.93. The number of benzene rings is 1. The SMILES string of the molecule is CCCc1nc(COc2ccccc2N)n(C)n1. The van der Waals surface area contributed by atoms with Crippen LogP contribution in [0.2, 0.25) is 0 Å². The van der Waals surface area contributed by atoms with Crippen molar-refractivity contribution in [3.8, 4) is 5.75 Å². The predicted octanol–water partition coefficient (Wildman–Crippen LogP) is 1.93. The molecule has 1 aromatic heterocycles. The van der Waals surface area contributed by atoms with E-state index < -0.39 is 0 Å². The first-order valence-corrected chi connectivity index (χ1v) is 6.06. The maximum absolute atomic E-state index is 5.81. The molecule has 1 aromatic carbocycles. The zero-order chi connectivity index (χ0) is 13.0. The Kier molecular flexibility index (Phi) is 3.82. The van der Waals surface area contributed by atoms with E-state index in [-0.39, 0.29) is 0 Å². The Labute approximate surface area is 107 Å². The molecule has 0 fully saturated rings. The van der Waals surface area contributed by atoms with Crippen molar-refractivity contribution in [1.29, 1.82) is 0 Å². The average molecular weight is 246 g/mol. The predicted molar refractivity (Wildman–Crippen MR) is 70.2 cm³/mol. The second-order valence-electron chi connectivity index (χ2n) is 4.14. The van der Waals surface area contributed by atoms with Crippen LogP contribution in [-0.2, 0) is 20.1 Å². The minimum Gasteiger partial charge on any atom is -0.483 e. The molecule has 2 aromatic rings. The van der Waals surface area contributed by atoms with Crippen LogP contribution in [0.15, 0.2) is 24.3 Å². The number of para-hydroxylation sites is 2. The molecule has 1 heterocycles. The van der Waals surface area contributed by atoms with Crippen molar-refractivity contribution < 1.29 is 4.74 Å². The highest BCUT2D eigenvalue weighted by Gasteiger charge is 2.08. The van der Waals surface area contributed by atoms with Crippen LogP contribution in [0.4, 0.5) is 5.69 Å². The minimum absolute atomic E-state index is 0.376. The van der Waals surface area contributed by atoms with E-state index in [0.717, 1.165) is 24.5 Å². The summed E-state index contributed by atoms with van der Waals surface area (Å²) in [6, 6.07) is 7.43. The largest absolute Gasteiger partial charge is 0.483 e. The molecule has 0 bridgehead atoms. The first-order valence-electron chi connectivity index (χ1n) is 6.06. The maximum atomic E-state index is 5.81. The molecular weight excluding hydrogens is 228 g/mol. The van der Waals surface area contributed by atoms with E-state index in [9.17, 15) is 0 Å². The van der Waals surface area contributed by atoms with Gasteiger partial charge in [0.15, 0.2) is 11.6 Å². The lowest BCUT2D eigenvalue weighted by Gasteiger charge is -2.07. The maximum Gasteiger partial charge on any atom is 0.164 e. The van der Waals surface area contributed by atoms with Gasteiger partial charge in [-0.25, -0.2) is 9.67 Å². The van der Waals surface area contributed by atoms with Crippen LogP contribution < -0.4 is 10.5 Å². The van der Waals surface area contributed by atoms with Crippen LogP contribution in [0, 0.1) is 0 Å². The summed E-state index contributed by atoms with van der Waals surface area (Å²) in [5, 5.41) is 4.33. The van der Waals surface area contributed by atoms with E-state index >= 15 is 0 Å². The summed E-state index contributed by atoms with van der Waals surface area (Å²) in [4.78, 5) is 4.43. The smallest absolute Gasteiger partial charge is 0.164 e. The molecule has 0 saturated carbocycles. The molecule has 0 saturated heterocycles. The van der Waals surface area contributed by atoms with Gasteiger partial charge in [-0.05, 0) is 18.6 Å². The van der Waals surface area contributed by atoms with Crippen LogP contribution in [0.25, 0.3) is 0 Å². The Morgan fingerprint density at radius 2 is 2.11 bits per heavy atom. The van der Waals surface area contributed by atoms with Crippen LogP contribution >= 0.6 is 0 Å². The Morgan fingerprint density at radius 1 is 1.33 bits per heavy atom. The van der Waals surface area contributed by atoms with Crippen LogP contribution in [-0.4, -0.2) is 14.8 Å². The summed E-state index contributed by atoms with van der Waals surface area (Å²) < 4.78 is 7.40. The molecule has 2 rings (SSSR count). The number of aryl methyl sites for hydroxylation is 2. The molecule has 2 N–H and O–H groups in total. The molecule has 5 nitrogen and oxygen atoms in total. The number of nitrogens with two attached hydrogens (primary N) is 1. The highest BCUT2D eigenvalue weighted by atomic mass is 16.5. The van der Waals surface area contributed by atoms with Gasteiger partial charge < -0.3 is 10.5 Å². The third kappa shape index (κ3) is 2.80. The van der Waals surface area contributed by atoms with E-state index in [1.54, 1.807) is 4.68 Å². The number of hydrogen-bond donors (Lipinski definition) is 1. The number of nitrogen functional groups attached to an aromatic ring is 1. The second kappa shape index (κ2) is 5.53. The van der Waals surface area contributed by atoms with Crippen LogP contribution in [0.3, 0.4) is 0 Å². The molecule has 0 amide bonds. The highest BCUT2D eigenvalue weighted by molar-refractivity contribution is 5.51. The fourth-order valence-electron chi connectivity index (χ4n) is 1.68. The van der Waals surface area contributed by atoms with Gasteiger partial charge in [0.1, 0.15) is 12.4 Å². The minimum atomic E-state index is 0.376. The standard InChI is InChI=1S/C13H18N4O/c1-3-6-12-15-13(17(2)16-12)9-18-11-8-5-4-7-10(11)14/h4-5,7-8H,3,6,9,14H2,1-2H3. The van der Waals surface area contributed by atoms with Gasteiger partial charge >= 0.3 is 0 Å². The van der Waals surface area contributed by atoms with E-state index in [2.05, 4.69) is 17.0 Å². The molecule has 18 heavy (non-hydrogen) atoms. The Bertz CT molecular complexity index is 521. The van der Waals surface area contributed by atoms with Crippen molar-refractivity contribution in [3.63, 3.8) is 0 Å². The Hall–Kier alpha value is -2.04. The van der Waals surface area contributed by atoms with Gasteiger partial charge in [0.2, 0.25) is 0 Å². The fourth-order valence-corrected chi connectivity index (χ4v) is 1.68.